The summed E-state index contributed by atoms with van der Waals surface area (Å²) in [6.45, 7) is 0. The van der Waals surface area contributed by atoms with Gasteiger partial charge in [-0.25, -0.2) is 0 Å². The molecule has 2 nitrogen and oxygen atoms in total. The second kappa shape index (κ2) is 4.34. The number of hydrogen-bond acceptors (Lipinski definition) is 2. The van der Waals surface area contributed by atoms with Crippen molar-refractivity contribution in [3.63, 3.8) is 0 Å². The smallest absolute Gasteiger partial charge is 0.144 e. The van der Waals surface area contributed by atoms with Crippen molar-refractivity contribution < 1.29 is 4.79 Å². The third-order valence-electron chi connectivity index (χ3n) is 1.55. The van der Waals surface area contributed by atoms with E-state index in [-0.39, 0.29) is 0 Å². The Hall–Kier alpha value is -1.57. The molecule has 0 heterocycles. The molecule has 0 amide bonds. The summed E-state index contributed by atoms with van der Waals surface area (Å²) in [7, 11) is 1.90. The van der Waals surface area contributed by atoms with E-state index in [4.69, 9.17) is 0 Å². The standard InChI is InChI=1S/C10H11NO/c1-11(8-5-9-12)10-6-3-2-4-7-10/h2-9H,1H3/b8-5+. The van der Waals surface area contributed by atoms with E-state index >= 15 is 0 Å². The van der Waals surface area contributed by atoms with E-state index < -0.39 is 0 Å². The van der Waals surface area contributed by atoms with E-state index in [1.54, 1.807) is 6.20 Å². The molecule has 0 radical (unpaired) electrons. The van der Waals surface area contributed by atoms with Gasteiger partial charge in [0.1, 0.15) is 6.29 Å². The lowest BCUT2D eigenvalue weighted by Gasteiger charge is -2.12. The van der Waals surface area contributed by atoms with Crippen molar-refractivity contribution in [1.29, 1.82) is 0 Å². The van der Waals surface area contributed by atoms with Crippen LogP contribution in [0.25, 0.3) is 0 Å². The van der Waals surface area contributed by atoms with Crippen LogP contribution < -0.4 is 4.90 Å². The molecule has 12 heavy (non-hydrogen) atoms. The molecule has 0 saturated heterocycles. The van der Waals surface area contributed by atoms with Crippen molar-refractivity contribution in [2.75, 3.05) is 11.9 Å². The number of rotatable bonds is 3. The summed E-state index contributed by atoms with van der Waals surface area (Å²) in [4.78, 5) is 11.9. The monoisotopic (exact) mass is 161 g/mol. The third kappa shape index (κ3) is 2.23. The van der Waals surface area contributed by atoms with Crippen LogP contribution in [-0.2, 0) is 4.79 Å². The highest BCUT2D eigenvalue weighted by molar-refractivity contribution is 5.66. The van der Waals surface area contributed by atoms with Gasteiger partial charge in [0, 0.05) is 18.9 Å². The fourth-order valence-electron chi connectivity index (χ4n) is 0.913. The lowest BCUT2D eigenvalue weighted by atomic mass is 10.3. The normalized spacial score (nSPS) is 10.1. The number of benzene rings is 1. The summed E-state index contributed by atoms with van der Waals surface area (Å²) in [5, 5.41) is 0. The maximum atomic E-state index is 10.0. The van der Waals surface area contributed by atoms with E-state index in [0.29, 0.717) is 0 Å². The first-order valence-electron chi connectivity index (χ1n) is 3.74. The SMILES string of the molecule is CN(/C=C/C=O)c1ccccc1. The minimum Gasteiger partial charge on any atom is -0.351 e. The molecule has 1 aromatic carbocycles. The topological polar surface area (TPSA) is 20.3 Å². The van der Waals surface area contributed by atoms with Crippen LogP contribution in [0, 0.1) is 0 Å². The number of nitrogens with zero attached hydrogens (tertiary/aromatic N) is 1. The number of allylic oxidation sites excluding steroid dienone is 1. The van der Waals surface area contributed by atoms with Gasteiger partial charge >= 0.3 is 0 Å². The molecule has 0 aliphatic heterocycles. The Bertz CT molecular complexity index is 266. The van der Waals surface area contributed by atoms with Gasteiger partial charge in [0.25, 0.3) is 0 Å². The number of carbonyl (C=O) groups is 1. The number of aldehydes is 1. The predicted octanol–water partition coefficient (Wildman–Crippen LogP) is 1.84. The van der Waals surface area contributed by atoms with Gasteiger partial charge in [-0.3, -0.25) is 4.79 Å². The second-order valence-electron chi connectivity index (χ2n) is 2.42. The van der Waals surface area contributed by atoms with Crippen molar-refractivity contribution >= 4 is 12.0 Å². The Morgan fingerprint density at radius 2 is 1.92 bits per heavy atom. The molecule has 1 rings (SSSR count). The number of para-hydroxylation sites is 1. The molecule has 0 fully saturated rings. The molecular formula is C10H11NO. The highest BCUT2D eigenvalue weighted by Gasteiger charge is 1.91. The third-order valence-corrected chi connectivity index (χ3v) is 1.55. The molecule has 0 unspecified atom stereocenters. The van der Waals surface area contributed by atoms with Crippen molar-refractivity contribution in [2.24, 2.45) is 0 Å². The van der Waals surface area contributed by atoms with E-state index in [1.165, 1.54) is 6.08 Å². The zero-order valence-electron chi connectivity index (χ0n) is 6.97. The molecule has 0 aromatic heterocycles. The number of carbonyl (C=O) groups excluding carboxylic acids is 1. The van der Waals surface area contributed by atoms with Crippen molar-refractivity contribution in [1.82, 2.24) is 0 Å². The number of hydrogen-bond donors (Lipinski definition) is 0. The molecule has 0 N–H and O–H groups in total. The Balaban J connectivity index is 2.71. The Labute approximate surface area is 72.1 Å². The average Bonchev–Trinajstić information content (AvgIpc) is 2.15. The predicted molar refractivity (Wildman–Crippen MR) is 50.0 cm³/mol. The van der Waals surface area contributed by atoms with Crippen LogP contribution in [0.5, 0.6) is 0 Å². The number of anilines is 1. The van der Waals surface area contributed by atoms with E-state index in [2.05, 4.69) is 0 Å². The fourth-order valence-corrected chi connectivity index (χ4v) is 0.913. The zero-order valence-corrected chi connectivity index (χ0v) is 6.97. The minimum absolute atomic E-state index is 0.763. The highest BCUT2D eigenvalue weighted by atomic mass is 16.1. The highest BCUT2D eigenvalue weighted by Crippen LogP contribution is 2.10. The molecule has 0 atom stereocenters. The Morgan fingerprint density at radius 1 is 1.25 bits per heavy atom. The fraction of sp³-hybridized carbons (Fsp3) is 0.100. The zero-order chi connectivity index (χ0) is 8.81. The molecular weight excluding hydrogens is 150 g/mol. The quantitative estimate of drug-likeness (QED) is 0.498. The van der Waals surface area contributed by atoms with Crippen LogP contribution in [0.3, 0.4) is 0 Å². The maximum Gasteiger partial charge on any atom is 0.144 e. The Kier molecular flexibility index (Phi) is 3.08. The van der Waals surface area contributed by atoms with Crippen LogP contribution in [0.4, 0.5) is 5.69 Å². The summed E-state index contributed by atoms with van der Waals surface area (Å²) in [5.74, 6) is 0. The summed E-state index contributed by atoms with van der Waals surface area (Å²) in [6, 6.07) is 9.84. The first-order valence-corrected chi connectivity index (χ1v) is 3.74. The molecule has 2 heteroatoms. The van der Waals surface area contributed by atoms with Gasteiger partial charge in [0.2, 0.25) is 0 Å². The molecule has 0 aliphatic carbocycles. The summed E-state index contributed by atoms with van der Waals surface area (Å²) in [6.07, 6.45) is 3.95. The molecule has 0 saturated carbocycles. The molecule has 0 bridgehead atoms. The van der Waals surface area contributed by atoms with E-state index in [9.17, 15) is 4.79 Å². The van der Waals surface area contributed by atoms with Crippen LogP contribution in [0.2, 0.25) is 0 Å². The van der Waals surface area contributed by atoms with Gasteiger partial charge in [-0.1, -0.05) is 18.2 Å². The van der Waals surface area contributed by atoms with Crippen LogP contribution in [0.15, 0.2) is 42.6 Å². The molecule has 0 spiro atoms. The van der Waals surface area contributed by atoms with Gasteiger partial charge in [-0.05, 0) is 18.2 Å². The van der Waals surface area contributed by atoms with E-state index in [1.807, 2.05) is 42.3 Å². The first kappa shape index (κ1) is 8.53. The van der Waals surface area contributed by atoms with Crippen LogP contribution in [-0.4, -0.2) is 13.3 Å². The molecule has 1 aromatic rings. The van der Waals surface area contributed by atoms with Gasteiger partial charge in [0.05, 0.1) is 0 Å². The van der Waals surface area contributed by atoms with Gasteiger partial charge in [0.15, 0.2) is 0 Å². The van der Waals surface area contributed by atoms with Gasteiger partial charge in [-0.15, -0.1) is 0 Å². The summed E-state index contributed by atoms with van der Waals surface area (Å²) in [5.41, 5.74) is 1.07. The van der Waals surface area contributed by atoms with Crippen molar-refractivity contribution in [3.8, 4) is 0 Å². The average molecular weight is 161 g/mol. The first-order chi connectivity index (χ1) is 5.84. The lowest BCUT2D eigenvalue weighted by Crippen LogP contribution is -2.07. The van der Waals surface area contributed by atoms with Gasteiger partial charge < -0.3 is 4.90 Å². The van der Waals surface area contributed by atoms with E-state index in [0.717, 1.165) is 12.0 Å². The van der Waals surface area contributed by atoms with Crippen molar-refractivity contribution in [2.45, 2.75) is 0 Å². The molecule has 62 valence electrons. The van der Waals surface area contributed by atoms with Gasteiger partial charge in [-0.2, -0.15) is 0 Å². The largest absolute Gasteiger partial charge is 0.351 e. The van der Waals surface area contributed by atoms with Crippen molar-refractivity contribution in [3.05, 3.63) is 42.6 Å². The minimum atomic E-state index is 0.763. The van der Waals surface area contributed by atoms with Crippen LogP contribution in [0.1, 0.15) is 0 Å². The molecule has 0 aliphatic rings. The summed E-state index contributed by atoms with van der Waals surface area (Å²) < 4.78 is 0. The maximum absolute atomic E-state index is 10.0. The second-order valence-corrected chi connectivity index (χ2v) is 2.42. The summed E-state index contributed by atoms with van der Waals surface area (Å²) >= 11 is 0. The van der Waals surface area contributed by atoms with Crippen LogP contribution >= 0.6 is 0 Å². The Morgan fingerprint density at radius 3 is 2.50 bits per heavy atom. The lowest BCUT2D eigenvalue weighted by molar-refractivity contribution is -0.104.